The summed E-state index contributed by atoms with van der Waals surface area (Å²) in [6.45, 7) is 5.59. The Kier molecular flexibility index (Phi) is 5.28. The topological polar surface area (TPSA) is 21.3 Å². The molecule has 0 bridgehead atoms. The maximum absolute atomic E-state index is 13.7. The Hall–Kier alpha value is -1.94. The van der Waals surface area contributed by atoms with Gasteiger partial charge in [-0.2, -0.15) is 4.39 Å². The van der Waals surface area contributed by atoms with E-state index in [9.17, 15) is 8.78 Å². The number of hydrogen-bond acceptors (Lipinski definition) is 2. The van der Waals surface area contributed by atoms with Crippen LogP contribution in [0.5, 0.6) is 11.5 Å². The number of rotatable bonds is 6. The first-order valence-electron chi connectivity index (χ1n) is 7.04. The second kappa shape index (κ2) is 7.18. The third-order valence-corrected chi connectivity index (χ3v) is 3.09. The molecule has 0 aliphatic carbocycles. The van der Waals surface area contributed by atoms with Crippen molar-refractivity contribution in [2.45, 2.75) is 26.8 Å². The van der Waals surface area contributed by atoms with Gasteiger partial charge in [0.25, 0.3) is 0 Å². The Balaban J connectivity index is 2.24. The molecular weight excluding hydrogens is 272 g/mol. The SMILES string of the molecule is CCCNCc1cc(C)ccc1Oc1cccc(F)c1F. The number of aryl methyl sites for hydroxylation is 1. The highest BCUT2D eigenvalue weighted by molar-refractivity contribution is 5.40. The van der Waals surface area contributed by atoms with E-state index in [4.69, 9.17) is 4.74 Å². The lowest BCUT2D eigenvalue weighted by molar-refractivity contribution is 0.411. The van der Waals surface area contributed by atoms with Crippen LogP contribution in [0.4, 0.5) is 8.78 Å². The van der Waals surface area contributed by atoms with Gasteiger partial charge in [0.2, 0.25) is 5.82 Å². The largest absolute Gasteiger partial charge is 0.454 e. The van der Waals surface area contributed by atoms with Crippen LogP contribution >= 0.6 is 0 Å². The normalized spacial score (nSPS) is 10.7. The third-order valence-electron chi connectivity index (χ3n) is 3.09. The molecule has 2 nitrogen and oxygen atoms in total. The van der Waals surface area contributed by atoms with Crippen molar-refractivity contribution in [1.29, 1.82) is 0 Å². The van der Waals surface area contributed by atoms with E-state index >= 15 is 0 Å². The molecule has 0 aromatic heterocycles. The summed E-state index contributed by atoms with van der Waals surface area (Å²) >= 11 is 0. The van der Waals surface area contributed by atoms with Gasteiger partial charge in [-0.25, -0.2) is 4.39 Å². The minimum atomic E-state index is -0.967. The van der Waals surface area contributed by atoms with Crippen LogP contribution in [0.2, 0.25) is 0 Å². The lowest BCUT2D eigenvalue weighted by atomic mass is 10.1. The molecule has 0 radical (unpaired) electrons. The molecule has 2 rings (SSSR count). The fourth-order valence-corrected chi connectivity index (χ4v) is 2.03. The van der Waals surface area contributed by atoms with E-state index in [-0.39, 0.29) is 5.75 Å². The fourth-order valence-electron chi connectivity index (χ4n) is 2.03. The predicted molar refractivity (Wildman–Crippen MR) is 79.6 cm³/mol. The van der Waals surface area contributed by atoms with Gasteiger partial charge in [0, 0.05) is 12.1 Å². The van der Waals surface area contributed by atoms with Gasteiger partial charge in [-0.3, -0.25) is 0 Å². The summed E-state index contributed by atoms with van der Waals surface area (Å²) in [7, 11) is 0. The molecule has 0 spiro atoms. The Labute approximate surface area is 123 Å². The zero-order chi connectivity index (χ0) is 15.2. The van der Waals surface area contributed by atoms with E-state index in [1.54, 1.807) is 6.07 Å². The number of halogens is 2. The van der Waals surface area contributed by atoms with Crippen molar-refractivity contribution in [3.8, 4) is 11.5 Å². The maximum Gasteiger partial charge on any atom is 0.201 e. The zero-order valence-corrected chi connectivity index (χ0v) is 12.2. The summed E-state index contributed by atoms with van der Waals surface area (Å²) in [5.41, 5.74) is 2.02. The molecule has 4 heteroatoms. The second-order valence-electron chi connectivity index (χ2n) is 4.94. The molecule has 0 heterocycles. The van der Waals surface area contributed by atoms with Crippen LogP contribution in [0.3, 0.4) is 0 Å². The van der Waals surface area contributed by atoms with E-state index in [1.165, 1.54) is 12.1 Å². The standard InChI is InChI=1S/C17H19F2NO/c1-3-9-20-11-13-10-12(2)7-8-15(13)21-16-6-4-5-14(18)17(16)19/h4-8,10,20H,3,9,11H2,1-2H3. The fraction of sp³-hybridized carbons (Fsp3) is 0.294. The molecule has 0 aliphatic heterocycles. The lowest BCUT2D eigenvalue weighted by Gasteiger charge is -2.13. The zero-order valence-electron chi connectivity index (χ0n) is 12.2. The molecule has 112 valence electrons. The molecule has 0 saturated heterocycles. The van der Waals surface area contributed by atoms with Crippen molar-refractivity contribution in [3.63, 3.8) is 0 Å². The quantitative estimate of drug-likeness (QED) is 0.787. The van der Waals surface area contributed by atoms with Crippen molar-refractivity contribution >= 4 is 0 Å². The first-order valence-corrected chi connectivity index (χ1v) is 7.04. The predicted octanol–water partition coefficient (Wildman–Crippen LogP) is 4.57. The highest BCUT2D eigenvalue weighted by Crippen LogP contribution is 2.29. The second-order valence-corrected chi connectivity index (χ2v) is 4.94. The Morgan fingerprint density at radius 3 is 2.67 bits per heavy atom. The van der Waals surface area contributed by atoms with Crippen LogP contribution in [0.1, 0.15) is 24.5 Å². The number of benzene rings is 2. The van der Waals surface area contributed by atoms with Gasteiger partial charge >= 0.3 is 0 Å². The summed E-state index contributed by atoms with van der Waals surface area (Å²) in [4.78, 5) is 0. The molecule has 0 unspecified atom stereocenters. The van der Waals surface area contributed by atoms with E-state index in [0.717, 1.165) is 30.2 Å². The molecule has 21 heavy (non-hydrogen) atoms. The van der Waals surface area contributed by atoms with Crippen LogP contribution in [0.15, 0.2) is 36.4 Å². The molecule has 0 aliphatic rings. The summed E-state index contributed by atoms with van der Waals surface area (Å²) < 4.78 is 32.5. The van der Waals surface area contributed by atoms with Gasteiger partial charge in [0.05, 0.1) is 0 Å². The highest BCUT2D eigenvalue weighted by atomic mass is 19.2. The minimum absolute atomic E-state index is 0.101. The van der Waals surface area contributed by atoms with E-state index in [0.29, 0.717) is 12.3 Å². The van der Waals surface area contributed by atoms with Gasteiger partial charge in [-0.05, 0) is 38.1 Å². The lowest BCUT2D eigenvalue weighted by Crippen LogP contribution is -2.14. The summed E-state index contributed by atoms with van der Waals surface area (Å²) in [6.07, 6.45) is 1.03. The summed E-state index contributed by atoms with van der Waals surface area (Å²) in [6, 6.07) is 9.56. The van der Waals surface area contributed by atoms with Crippen molar-refractivity contribution in [2.24, 2.45) is 0 Å². The molecule has 2 aromatic carbocycles. The minimum Gasteiger partial charge on any atom is -0.454 e. The smallest absolute Gasteiger partial charge is 0.201 e. The number of ether oxygens (including phenoxy) is 1. The van der Waals surface area contributed by atoms with Crippen LogP contribution in [0.25, 0.3) is 0 Å². The third kappa shape index (κ3) is 4.02. The summed E-state index contributed by atoms with van der Waals surface area (Å²) in [5.74, 6) is -1.44. The first-order chi connectivity index (χ1) is 10.1. The average molecular weight is 291 g/mol. The van der Waals surface area contributed by atoms with Crippen LogP contribution in [-0.2, 0) is 6.54 Å². The number of nitrogens with one attached hydrogen (secondary N) is 1. The maximum atomic E-state index is 13.7. The van der Waals surface area contributed by atoms with E-state index < -0.39 is 11.6 Å². The van der Waals surface area contributed by atoms with Crippen molar-refractivity contribution in [3.05, 3.63) is 59.2 Å². The van der Waals surface area contributed by atoms with E-state index in [1.807, 2.05) is 19.1 Å². The Morgan fingerprint density at radius 2 is 1.90 bits per heavy atom. The average Bonchev–Trinajstić information content (AvgIpc) is 2.46. The van der Waals surface area contributed by atoms with E-state index in [2.05, 4.69) is 12.2 Å². The van der Waals surface area contributed by atoms with Gasteiger partial charge < -0.3 is 10.1 Å². The molecule has 2 aromatic rings. The molecule has 0 atom stereocenters. The summed E-state index contributed by atoms with van der Waals surface area (Å²) in [5, 5.41) is 3.28. The molecule has 0 amide bonds. The van der Waals surface area contributed by atoms with Crippen LogP contribution < -0.4 is 10.1 Å². The highest BCUT2D eigenvalue weighted by Gasteiger charge is 2.12. The Bertz CT molecular complexity index is 614. The van der Waals surface area contributed by atoms with Gasteiger partial charge in [0.1, 0.15) is 5.75 Å². The molecule has 1 N–H and O–H groups in total. The van der Waals surface area contributed by atoms with Crippen molar-refractivity contribution in [2.75, 3.05) is 6.54 Å². The Morgan fingerprint density at radius 1 is 1.10 bits per heavy atom. The molecule has 0 fully saturated rings. The molecule has 0 saturated carbocycles. The monoisotopic (exact) mass is 291 g/mol. The van der Waals surface area contributed by atoms with Gasteiger partial charge in [-0.15, -0.1) is 0 Å². The first kappa shape index (κ1) is 15.4. The van der Waals surface area contributed by atoms with Crippen LogP contribution in [-0.4, -0.2) is 6.54 Å². The van der Waals surface area contributed by atoms with Crippen molar-refractivity contribution < 1.29 is 13.5 Å². The number of hydrogen-bond donors (Lipinski definition) is 1. The van der Waals surface area contributed by atoms with Crippen molar-refractivity contribution in [1.82, 2.24) is 5.32 Å². The molecular formula is C17H19F2NO. The van der Waals surface area contributed by atoms with Gasteiger partial charge in [-0.1, -0.05) is 30.7 Å². The van der Waals surface area contributed by atoms with Crippen LogP contribution in [0, 0.1) is 18.6 Å². The van der Waals surface area contributed by atoms with Gasteiger partial charge in [0.15, 0.2) is 11.6 Å².